The van der Waals surface area contributed by atoms with E-state index in [-0.39, 0.29) is 0 Å². The SMILES string of the molecule is c1ccc(N(c2ccc3ccccc3n2)c2c3ccccc3c(-c3cccc4ccccc34)c3ccccc23)cc1. The molecule has 192 valence electrons. The van der Waals surface area contributed by atoms with Crippen LogP contribution in [0.2, 0.25) is 0 Å². The molecule has 0 spiro atoms. The van der Waals surface area contributed by atoms with Gasteiger partial charge in [0.1, 0.15) is 5.82 Å². The topological polar surface area (TPSA) is 16.1 Å². The van der Waals surface area contributed by atoms with Crippen molar-refractivity contribution >= 4 is 60.4 Å². The number of aromatic nitrogens is 1. The zero-order chi connectivity index (χ0) is 27.2. The second kappa shape index (κ2) is 9.62. The molecule has 8 aromatic rings. The van der Waals surface area contributed by atoms with Crippen LogP contribution in [0.25, 0.3) is 54.3 Å². The number of nitrogens with zero attached hydrogens (tertiary/aromatic N) is 2. The van der Waals surface area contributed by atoms with E-state index in [1.807, 2.05) is 0 Å². The Labute approximate surface area is 238 Å². The largest absolute Gasteiger partial charge is 0.294 e. The lowest BCUT2D eigenvalue weighted by molar-refractivity contribution is 1.22. The van der Waals surface area contributed by atoms with Crippen molar-refractivity contribution < 1.29 is 0 Å². The van der Waals surface area contributed by atoms with E-state index in [2.05, 4.69) is 163 Å². The van der Waals surface area contributed by atoms with E-state index >= 15 is 0 Å². The second-order valence-corrected chi connectivity index (χ2v) is 10.4. The van der Waals surface area contributed by atoms with Gasteiger partial charge in [-0.25, -0.2) is 4.98 Å². The van der Waals surface area contributed by atoms with Gasteiger partial charge in [-0.15, -0.1) is 0 Å². The smallest absolute Gasteiger partial charge is 0.138 e. The molecule has 0 saturated heterocycles. The van der Waals surface area contributed by atoms with Crippen LogP contribution in [0.15, 0.2) is 158 Å². The van der Waals surface area contributed by atoms with E-state index in [0.717, 1.165) is 28.1 Å². The number of rotatable bonds is 4. The summed E-state index contributed by atoms with van der Waals surface area (Å²) in [6.45, 7) is 0. The highest BCUT2D eigenvalue weighted by molar-refractivity contribution is 6.24. The summed E-state index contributed by atoms with van der Waals surface area (Å²) in [4.78, 5) is 7.51. The average Bonchev–Trinajstić information content (AvgIpc) is 3.05. The molecular weight excluding hydrogens is 496 g/mol. The van der Waals surface area contributed by atoms with E-state index in [1.165, 1.54) is 43.4 Å². The van der Waals surface area contributed by atoms with Gasteiger partial charge >= 0.3 is 0 Å². The fourth-order valence-electron chi connectivity index (χ4n) is 6.21. The molecule has 7 aromatic carbocycles. The van der Waals surface area contributed by atoms with Gasteiger partial charge < -0.3 is 0 Å². The van der Waals surface area contributed by atoms with Crippen molar-refractivity contribution in [1.82, 2.24) is 4.98 Å². The zero-order valence-electron chi connectivity index (χ0n) is 22.4. The molecule has 0 bridgehead atoms. The lowest BCUT2D eigenvalue weighted by Gasteiger charge is -2.29. The number of hydrogen-bond acceptors (Lipinski definition) is 2. The van der Waals surface area contributed by atoms with Crippen LogP contribution >= 0.6 is 0 Å². The molecule has 0 aliphatic carbocycles. The molecule has 0 N–H and O–H groups in total. The number of fused-ring (bicyclic) bond motifs is 4. The summed E-state index contributed by atoms with van der Waals surface area (Å²) in [6, 6.07) is 56.1. The van der Waals surface area contributed by atoms with Crippen LogP contribution in [0.3, 0.4) is 0 Å². The molecule has 1 heterocycles. The summed E-state index contributed by atoms with van der Waals surface area (Å²) in [5.74, 6) is 0.892. The maximum atomic E-state index is 5.19. The van der Waals surface area contributed by atoms with Gasteiger partial charge in [0.15, 0.2) is 0 Å². The van der Waals surface area contributed by atoms with Crippen LogP contribution in [0.4, 0.5) is 17.2 Å². The van der Waals surface area contributed by atoms with Gasteiger partial charge in [-0.3, -0.25) is 4.90 Å². The normalized spacial score (nSPS) is 11.4. The summed E-state index contributed by atoms with van der Waals surface area (Å²) < 4.78 is 0. The van der Waals surface area contributed by atoms with Gasteiger partial charge in [-0.05, 0) is 63.0 Å². The molecule has 41 heavy (non-hydrogen) atoms. The maximum Gasteiger partial charge on any atom is 0.138 e. The Bertz CT molecular complexity index is 2150. The van der Waals surface area contributed by atoms with Gasteiger partial charge in [0.05, 0.1) is 11.2 Å². The maximum absolute atomic E-state index is 5.19. The first kappa shape index (κ1) is 23.4. The summed E-state index contributed by atoms with van der Waals surface area (Å²) in [5.41, 5.74) is 5.69. The van der Waals surface area contributed by atoms with E-state index in [1.54, 1.807) is 0 Å². The molecule has 0 unspecified atom stereocenters. The Morgan fingerprint density at radius 3 is 1.68 bits per heavy atom. The Hall–Kier alpha value is -5.47. The number of anilines is 3. The highest BCUT2D eigenvalue weighted by atomic mass is 15.2. The molecule has 1 aromatic heterocycles. The molecule has 0 radical (unpaired) electrons. The monoisotopic (exact) mass is 522 g/mol. The van der Waals surface area contributed by atoms with Crippen LogP contribution in [-0.4, -0.2) is 4.98 Å². The average molecular weight is 523 g/mol. The molecular formula is C39H26N2. The third kappa shape index (κ3) is 3.84. The molecule has 2 nitrogen and oxygen atoms in total. The Balaban J connectivity index is 1.52. The highest BCUT2D eigenvalue weighted by Gasteiger charge is 2.23. The van der Waals surface area contributed by atoms with Gasteiger partial charge in [-0.2, -0.15) is 0 Å². The van der Waals surface area contributed by atoms with Crippen LogP contribution in [0.1, 0.15) is 0 Å². The van der Waals surface area contributed by atoms with Gasteiger partial charge in [0, 0.05) is 21.8 Å². The van der Waals surface area contributed by atoms with Crippen molar-refractivity contribution in [2.45, 2.75) is 0 Å². The van der Waals surface area contributed by atoms with E-state index in [9.17, 15) is 0 Å². The van der Waals surface area contributed by atoms with Gasteiger partial charge in [0.2, 0.25) is 0 Å². The van der Waals surface area contributed by atoms with Crippen molar-refractivity contribution in [1.29, 1.82) is 0 Å². The highest BCUT2D eigenvalue weighted by Crippen LogP contribution is 2.48. The fraction of sp³-hybridized carbons (Fsp3) is 0. The van der Waals surface area contributed by atoms with Crippen molar-refractivity contribution in [2.24, 2.45) is 0 Å². The number of benzene rings is 7. The molecule has 8 rings (SSSR count). The van der Waals surface area contributed by atoms with Gasteiger partial charge in [0.25, 0.3) is 0 Å². The summed E-state index contributed by atoms with van der Waals surface area (Å²) in [6.07, 6.45) is 0. The first-order valence-electron chi connectivity index (χ1n) is 14.0. The van der Waals surface area contributed by atoms with Crippen molar-refractivity contribution in [3.63, 3.8) is 0 Å². The van der Waals surface area contributed by atoms with Crippen molar-refractivity contribution in [2.75, 3.05) is 4.90 Å². The Morgan fingerprint density at radius 1 is 0.390 bits per heavy atom. The summed E-state index contributed by atoms with van der Waals surface area (Å²) in [5, 5.41) is 8.45. The lowest BCUT2D eigenvalue weighted by atomic mass is 9.88. The Morgan fingerprint density at radius 2 is 0.951 bits per heavy atom. The minimum Gasteiger partial charge on any atom is -0.294 e. The van der Waals surface area contributed by atoms with Crippen molar-refractivity contribution in [3.05, 3.63) is 158 Å². The first-order chi connectivity index (χ1) is 20.4. The molecule has 0 atom stereocenters. The van der Waals surface area contributed by atoms with Crippen LogP contribution in [-0.2, 0) is 0 Å². The zero-order valence-corrected chi connectivity index (χ0v) is 22.4. The van der Waals surface area contributed by atoms with Gasteiger partial charge in [-0.1, -0.05) is 127 Å². The third-order valence-corrected chi connectivity index (χ3v) is 8.01. The first-order valence-corrected chi connectivity index (χ1v) is 14.0. The quantitative estimate of drug-likeness (QED) is 0.214. The number of pyridine rings is 1. The van der Waals surface area contributed by atoms with Crippen LogP contribution in [0, 0.1) is 0 Å². The van der Waals surface area contributed by atoms with E-state index < -0.39 is 0 Å². The minimum absolute atomic E-state index is 0.892. The molecule has 0 amide bonds. The minimum atomic E-state index is 0.892. The third-order valence-electron chi connectivity index (χ3n) is 8.01. The summed E-state index contributed by atoms with van der Waals surface area (Å²) in [7, 11) is 0. The standard InChI is InChI=1S/C39H26N2/c1-2-16-29(17-3-1)41(37-26-25-28-14-5-11-24-36(28)40-37)39-34-21-9-7-19-32(34)38(33-20-8-10-22-35(33)39)31-23-12-15-27-13-4-6-18-30(27)31/h1-26H. The summed E-state index contributed by atoms with van der Waals surface area (Å²) >= 11 is 0. The molecule has 0 fully saturated rings. The second-order valence-electron chi connectivity index (χ2n) is 10.4. The molecule has 0 saturated carbocycles. The van der Waals surface area contributed by atoms with Crippen LogP contribution < -0.4 is 4.90 Å². The molecule has 2 heteroatoms. The lowest BCUT2D eigenvalue weighted by Crippen LogP contribution is -2.13. The fourth-order valence-corrected chi connectivity index (χ4v) is 6.21. The molecule has 0 aliphatic rings. The van der Waals surface area contributed by atoms with Crippen LogP contribution in [0.5, 0.6) is 0 Å². The molecule has 0 aliphatic heterocycles. The Kier molecular flexibility index (Phi) is 5.49. The van der Waals surface area contributed by atoms with E-state index in [4.69, 9.17) is 4.98 Å². The van der Waals surface area contributed by atoms with Crippen molar-refractivity contribution in [3.8, 4) is 11.1 Å². The van der Waals surface area contributed by atoms with E-state index in [0.29, 0.717) is 0 Å². The predicted octanol–water partition coefficient (Wildman–Crippen LogP) is 10.8. The number of hydrogen-bond donors (Lipinski definition) is 0. The number of para-hydroxylation sites is 2. The predicted molar refractivity (Wildman–Crippen MR) is 174 cm³/mol.